The maximum absolute atomic E-state index is 12.5. The van der Waals surface area contributed by atoms with E-state index in [4.69, 9.17) is 4.74 Å². The number of aryl methyl sites for hydroxylation is 1. The Morgan fingerprint density at radius 3 is 2.79 bits per heavy atom. The molecule has 0 fully saturated rings. The molecule has 2 heterocycles. The number of benzene rings is 2. The van der Waals surface area contributed by atoms with Gasteiger partial charge in [0.1, 0.15) is 5.82 Å². The third-order valence-electron chi connectivity index (χ3n) is 4.78. The molecule has 142 valence electrons. The molecular weight excluding hydrogens is 354 g/mol. The molecule has 0 bridgehead atoms. The Bertz CT molecular complexity index is 1130. The SMILES string of the molecule is Cc1nc(CNC(=O)c2ccc3cc(C4=CCOCC4)ccc3c2)cc(=O)[nH]1. The van der Waals surface area contributed by atoms with Gasteiger partial charge in [-0.1, -0.05) is 24.3 Å². The lowest BCUT2D eigenvalue weighted by atomic mass is 9.97. The predicted molar refractivity (Wildman–Crippen MR) is 108 cm³/mol. The molecule has 4 rings (SSSR count). The summed E-state index contributed by atoms with van der Waals surface area (Å²) in [5.74, 6) is 0.329. The average Bonchev–Trinajstić information content (AvgIpc) is 2.71. The highest BCUT2D eigenvalue weighted by molar-refractivity contribution is 5.99. The van der Waals surface area contributed by atoms with Crippen molar-refractivity contribution in [3.8, 4) is 0 Å². The fraction of sp³-hybridized carbons (Fsp3) is 0.227. The molecule has 2 N–H and O–H groups in total. The predicted octanol–water partition coefficient (Wildman–Crippen LogP) is 2.97. The normalized spacial score (nSPS) is 14.0. The third-order valence-corrected chi connectivity index (χ3v) is 4.78. The van der Waals surface area contributed by atoms with Crippen LogP contribution in [0.15, 0.2) is 53.3 Å². The van der Waals surface area contributed by atoms with Gasteiger partial charge in [-0.15, -0.1) is 0 Å². The van der Waals surface area contributed by atoms with E-state index in [0.29, 0.717) is 23.7 Å². The van der Waals surface area contributed by atoms with Crippen LogP contribution < -0.4 is 10.9 Å². The molecule has 1 aliphatic heterocycles. The summed E-state index contributed by atoms with van der Waals surface area (Å²) in [5.41, 5.74) is 3.38. The standard InChI is InChI=1S/C22H21N3O3/c1-14-24-20(12-21(26)25-14)13-23-22(27)19-5-4-17-10-16(2-3-18(17)11-19)15-6-8-28-9-7-15/h2-6,10-12H,7-9,13H2,1H3,(H,23,27)(H,24,25,26). The summed E-state index contributed by atoms with van der Waals surface area (Å²) in [5, 5.41) is 4.92. The number of nitrogens with one attached hydrogen (secondary N) is 2. The van der Waals surface area contributed by atoms with Crippen LogP contribution in [0, 0.1) is 6.92 Å². The van der Waals surface area contributed by atoms with Gasteiger partial charge in [0.05, 0.1) is 25.5 Å². The number of rotatable bonds is 4. The van der Waals surface area contributed by atoms with Gasteiger partial charge in [0.15, 0.2) is 0 Å². The zero-order valence-corrected chi connectivity index (χ0v) is 15.6. The second kappa shape index (κ2) is 7.78. The molecule has 0 saturated carbocycles. The monoisotopic (exact) mass is 375 g/mol. The van der Waals surface area contributed by atoms with Gasteiger partial charge < -0.3 is 15.0 Å². The second-order valence-electron chi connectivity index (χ2n) is 6.84. The first-order valence-corrected chi connectivity index (χ1v) is 9.24. The van der Waals surface area contributed by atoms with Crippen LogP contribution in [0.5, 0.6) is 0 Å². The van der Waals surface area contributed by atoms with Gasteiger partial charge >= 0.3 is 0 Å². The number of H-pyrrole nitrogens is 1. The zero-order valence-electron chi connectivity index (χ0n) is 15.6. The number of nitrogens with zero attached hydrogens (tertiary/aromatic N) is 1. The van der Waals surface area contributed by atoms with Gasteiger partial charge in [0, 0.05) is 11.6 Å². The average molecular weight is 375 g/mol. The van der Waals surface area contributed by atoms with E-state index in [-0.39, 0.29) is 18.0 Å². The molecule has 0 unspecified atom stereocenters. The number of fused-ring (bicyclic) bond motifs is 1. The highest BCUT2D eigenvalue weighted by Gasteiger charge is 2.10. The van der Waals surface area contributed by atoms with Crippen molar-refractivity contribution in [3.63, 3.8) is 0 Å². The van der Waals surface area contributed by atoms with E-state index >= 15 is 0 Å². The minimum Gasteiger partial charge on any atom is -0.377 e. The van der Waals surface area contributed by atoms with Crippen LogP contribution in [0.2, 0.25) is 0 Å². The van der Waals surface area contributed by atoms with Crippen molar-refractivity contribution in [3.05, 3.63) is 81.5 Å². The number of hydrogen-bond donors (Lipinski definition) is 2. The Morgan fingerprint density at radius 1 is 1.18 bits per heavy atom. The third kappa shape index (κ3) is 4.02. The molecule has 28 heavy (non-hydrogen) atoms. The van der Waals surface area contributed by atoms with E-state index in [0.717, 1.165) is 23.8 Å². The summed E-state index contributed by atoms with van der Waals surface area (Å²) < 4.78 is 5.37. The lowest BCUT2D eigenvalue weighted by Crippen LogP contribution is -2.24. The fourth-order valence-electron chi connectivity index (χ4n) is 3.38. The Balaban J connectivity index is 1.51. The molecule has 0 aliphatic carbocycles. The molecule has 6 nitrogen and oxygen atoms in total. The van der Waals surface area contributed by atoms with Gasteiger partial charge in [-0.2, -0.15) is 0 Å². The van der Waals surface area contributed by atoms with Crippen LogP contribution in [0.4, 0.5) is 0 Å². The summed E-state index contributed by atoms with van der Waals surface area (Å²) in [6, 6.07) is 13.3. The van der Waals surface area contributed by atoms with E-state index in [2.05, 4.69) is 33.5 Å². The van der Waals surface area contributed by atoms with Crippen molar-refractivity contribution in [2.75, 3.05) is 13.2 Å². The Hall–Kier alpha value is -3.25. The molecule has 1 aromatic heterocycles. The van der Waals surface area contributed by atoms with E-state index in [1.54, 1.807) is 6.92 Å². The van der Waals surface area contributed by atoms with Crippen LogP contribution in [0.1, 0.15) is 33.9 Å². The second-order valence-corrected chi connectivity index (χ2v) is 6.84. The molecule has 1 aliphatic rings. The van der Waals surface area contributed by atoms with Gasteiger partial charge in [-0.3, -0.25) is 9.59 Å². The van der Waals surface area contributed by atoms with Crippen LogP contribution in [0.3, 0.4) is 0 Å². The molecule has 0 atom stereocenters. The smallest absolute Gasteiger partial charge is 0.251 e. The number of ether oxygens (including phenoxy) is 1. The largest absolute Gasteiger partial charge is 0.377 e. The molecule has 0 spiro atoms. The number of carbonyl (C=O) groups excluding carboxylic acids is 1. The van der Waals surface area contributed by atoms with E-state index in [9.17, 15) is 9.59 Å². The summed E-state index contributed by atoms with van der Waals surface area (Å²) in [7, 11) is 0. The van der Waals surface area contributed by atoms with Crippen molar-refractivity contribution in [1.82, 2.24) is 15.3 Å². The Labute approximate surface area is 162 Å². The van der Waals surface area contributed by atoms with Gasteiger partial charge in [-0.25, -0.2) is 4.98 Å². The zero-order chi connectivity index (χ0) is 19.5. The van der Waals surface area contributed by atoms with Crippen LogP contribution in [-0.4, -0.2) is 29.1 Å². The molecule has 0 saturated heterocycles. The number of carbonyl (C=O) groups is 1. The number of aromatic amines is 1. The van der Waals surface area contributed by atoms with E-state index in [1.165, 1.54) is 17.2 Å². The van der Waals surface area contributed by atoms with Crippen molar-refractivity contribution >= 4 is 22.3 Å². The molecule has 6 heteroatoms. The molecule has 1 amide bonds. The quantitative estimate of drug-likeness (QED) is 0.734. The van der Waals surface area contributed by atoms with Crippen molar-refractivity contribution in [2.24, 2.45) is 0 Å². The first kappa shape index (κ1) is 18.1. The number of aromatic nitrogens is 2. The molecule has 0 radical (unpaired) electrons. The molecule has 3 aromatic rings. The van der Waals surface area contributed by atoms with Gasteiger partial charge in [-0.05, 0) is 53.5 Å². The maximum Gasteiger partial charge on any atom is 0.251 e. The Kier molecular flexibility index (Phi) is 5.04. The van der Waals surface area contributed by atoms with Crippen LogP contribution in [0.25, 0.3) is 16.3 Å². The number of amides is 1. The maximum atomic E-state index is 12.5. The van der Waals surface area contributed by atoms with E-state index < -0.39 is 0 Å². The van der Waals surface area contributed by atoms with Crippen LogP contribution in [-0.2, 0) is 11.3 Å². The minimum absolute atomic E-state index is 0.196. The minimum atomic E-state index is -0.224. The number of hydrogen-bond acceptors (Lipinski definition) is 4. The Morgan fingerprint density at radius 2 is 2.00 bits per heavy atom. The lowest BCUT2D eigenvalue weighted by Gasteiger charge is -2.14. The van der Waals surface area contributed by atoms with E-state index in [1.807, 2.05) is 24.3 Å². The first-order valence-electron chi connectivity index (χ1n) is 9.24. The summed E-state index contributed by atoms with van der Waals surface area (Å²) in [4.78, 5) is 30.8. The topological polar surface area (TPSA) is 84.1 Å². The van der Waals surface area contributed by atoms with Crippen molar-refractivity contribution in [2.45, 2.75) is 19.9 Å². The van der Waals surface area contributed by atoms with Gasteiger partial charge in [0.25, 0.3) is 11.5 Å². The molecular formula is C22H21N3O3. The summed E-state index contributed by atoms with van der Waals surface area (Å²) >= 11 is 0. The highest BCUT2D eigenvalue weighted by Crippen LogP contribution is 2.25. The van der Waals surface area contributed by atoms with Crippen LogP contribution >= 0.6 is 0 Å². The van der Waals surface area contributed by atoms with Crippen molar-refractivity contribution < 1.29 is 9.53 Å². The molecule has 2 aromatic carbocycles. The summed E-state index contributed by atoms with van der Waals surface area (Å²) in [6.45, 7) is 3.33. The fourth-order valence-corrected chi connectivity index (χ4v) is 3.38. The summed E-state index contributed by atoms with van der Waals surface area (Å²) in [6.07, 6.45) is 3.04. The van der Waals surface area contributed by atoms with Crippen molar-refractivity contribution in [1.29, 1.82) is 0 Å². The highest BCUT2D eigenvalue weighted by atomic mass is 16.5. The first-order chi connectivity index (χ1) is 13.6. The lowest BCUT2D eigenvalue weighted by molar-refractivity contribution is 0.0950. The van der Waals surface area contributed by atoms with Gasteiger partial charge in [0.2, 0.25) is 0 Å².